The number of piperidine rings is 1. The van der Waals surface area contributed by atoms with E-state index in [9.17, 15) is 9.90 Å². The van der Waals surface area contributed by atoms with Crippen LogP contribution in [0.1, 0.15) is 62.2 Å². The van der Waals surface area contributed by atoms with Gasteiger partial charge in [0.15, 0.2) is 5.69 Å². The van der Waals surface area contributed by atoms with E-state index >= 15 is 0 Å². The molecular formula is C18H28N2O4. The summed E-state index contributed by atoms with van der Waals surface area (Å²) in [6, 6.07) is 1.73. The Morgan fingerprint density at radius 1 is 1.42 bits per heavy atom. The van der Waals surface area contributed by atoms with E-state index in [0.717, 1.165) is 31.8 Å². The second kappa shape index (κ2) is 6.84. The van der Waals surface area contributed by atoms with Crippen LogP contribution >= 0.6 is 0 Å². The molecule has 1 amide bonds. The number of ether oxygens (including phenoxy) is 1. The fraction of sp³-hybridized carbons (Fsp3) is 0.778. The predicted molar refractivity (Wildman–Crippen MR) is 88.8 cm³/mol. The van der Waals surface area contributed by atoms with E-state index in [2.05, 4.69) is 5.16 Å². The number of nitrogens with zero attached hydrogens (tertiary/aromatic N) is 2. The van der Waals surface area contributed by atoms with Crippen molar-refractivity contribution in [3.63, 3.8) is 0 Å². The molecule has 1 aromatic heterocycles. The third-order valence-corrected chi connectivity index (χ3v) is 5.66. The third-order valence-electron chi connectivity index (χ3n) is 5.66. The Labute approximate surface area is 143 Å². The van der Waals surface area contributed by atoms with E-state index in [1.54, 1.807) is 11.0 Å². The zero-order chi connectivity index (χ0) is 17.3. The summed E-state index contributed by atoms with van der Waals surface area (Å²) in [7, 11) is 0. The summed E-state index contributed by atoms with van der Waals surface area (Å²) in [6.07, 6.45) is 2.41. The van der Waals surface area contributed by atoms with Crippen molar-refractivity contribution in [3.8, 4) is 0 Å². The lowest BCUT2D eigenvalue weighted by Gasteiger charge is -2.48. The molecule has 2 aliphatic heterocycles. The Balaban J connectivity index is 1.66. The van der Waals surface area contributed by atoms with Gasteiger partial charge in [-0.15, -0.1) is 0 Å². The van der Waals surface area contributed by atoms with Crippen molar-refractivity contribution in [2.75, 3.05) is 26.3 Å². The fourth-order valence-corrected chi connectivity index (χ4v) is 3.95. The number of aliphatic hydroxyl groups is 1. The zero-order valence-corrected chi connectivity index (χ0v) is 14.8. The number of carbonyl (C=O) groups excluding carboxylic acids is 1. The molecule has 2 atom stereocenters. The minimum atomic E-state index is -0.701. The molecule has 3 heterocycles. The van der Waals surface area contributed by atoms with Crippen LogP contribution in [0.2, 0.25) is 0 Å². The fourth-order valence-electron chi connectivity index (χ4n) is 3.95. The first-order valence-electron chi connectivity index (χ1n) is 8.98. The summed E-state index contributed by atoms with van der Waals surface area (Å²) >= 11 is 0. The van der Waals surface area contributed by atoms with Gasteiger partial charge in [0.2, 0.25) is 0 Å². The molecule has 0 bridgehead atoms. The van der Waals surface area contributed by atoms with Crippen LogP contribution in [0.5, 0.6) is 0 Å². The molecule has 1 aromatic rings. The molecule has 2 aliphatic rings. The van der Waals surface area contributed by atoms with Crippen molar-refractivity contribution >= 4 is 5.91 Å². The smallest absolute Gasteiger partial charge is 0.276 e. The molecule has 24 heavy (non-hydrogen) atoms. The highest BCUT2D eigenvalue weighted by atomic mass is 16.5. The van der Waals surface area contributed by atoms with Crippen LogP contribution in [0.15, 0.2) is 10.6 Å². The molecule has 0 saturated carbocycles. The maximum absolute atomic E-state index is 12.7. The summed E-state index contributed by atoms with van der Waals surface area (Å²) in [6.45, 7) is 8.60. The highest BCUT2D eigenvalue weighted by Gasteiger charge is 2.46. The summed E-state index contributed by atoms with van der Waals surface area (Å²) in [5.74, 6) is 1.12. The molecule has 2 unspecified atom stereocenters. The number of rotatable bonds is 3. The van der Waals surface area contributed by atoms with Crippen LogP contribution < -0.4 is 0 Å². The number of likely N-dealkylation sites (tertiary alicyclic amines) is 1. The number of carbonyl (C=O) groups is 1. The maximum Gasteiger partial charge on any atom is 0.276 e. The Bertz CT molecular complexity index is 579. The highest BCUT2D eigenvalue weighted by Crippen LogP contribution is 2.39. The molecule has 1 N–H and O–H groups in total. The molecule has 0 spiro atoms. The van der Waals surface area contributed by atoms with E-state index < -0.39 is 5.60 Å². The standard InChI is InChI=1S/C18H28N2O4/c1-12(2)16-10-15(19-24-16)17(21)20-7-6-18(22,13(3)11-20)14-4-8-23-9-5-14/h10,12-14,22H,4-9,11H2,1-3H3. The number of aromatic nitrogens is 1. The molecule has 0 radical (unpaired) electrons. The molecule has 0 aliphatic carbocycles. The van der Waals surface area contributed by atoms with Gasteiger partial charge in [-0.2, -0.15) is 0 Å². The minimum Gasteiger partial charge on any atom is -0.389 e. The Morgan fingerprint density at radius 3 is 2.71 bits per heavy atom. The number of hydrogen-bond acceptors (Lipinski definition) is 5. The highest BCUT2D eigenvalue weighted by molar-refractivity contribution is 5.92. The quantitative estimate of drug-likeness (QED) is 0.917. The van der Waals surface area contributed by atoms with Gasteiger partial charge < -0.3 is 19.3 Å². The average molecular weight is 336 g/mol. The van der Waals surface area contributed by atoms with Gasteiger partial charge in [-0.25, -0.2) is 0 Å². The monoisotopic (exact) mass is 336 g/mol. The van der Waals surface area contributed by atoms with Crippen molar-refractivity contribution in [2.45, 2.75) is 51.6 Å². The number of hydrogen-bond donors (Lipinski definition) is 1. The van der Waals surface area contributed by atoms with Gasteiger partial charge in [-0.05, 0) is 25.2 Å². The minimum absolute atomic E-state index is 0.0368. The lowest BCUT2D eigenvalue weighted by atomic mass is 9.70. The van der Waals surface area contributed by atoms with Crippen LogP contribution in [0.25, 0.3) is 0 Å². The first-order valence-corrected chi connectivity index (χ1v) is 8.98. The zero-order valence-electron chi connectivity index (χ0n) is 14.8. The average Bonchev–Trinajstić information content (AvgIpc) is 3.08. The Kier molecular flexibility index (Phi) is 4.97. The molecule has 0 aromatic carbocycles. The van der Waals surface area contributed by atoms with E-state index in [-0.39, 0.29) is 23.7 Å². The van der Waals surface area contributed by atoms with Crippen molar-refractivity contribution in [2.24, 2.45) is 11.8 Å². The SMILES string of the molecule is CC(C)c1cc(C(=O)N2CCC(O)(C3CCOCC3)C(C)C2)no1. The second-order valence-corrected chi connectivity index (χ2v) is 7.55. The van der Waals surface area contributed by atoms with Gasteiger partial charge in [0.25, 0.3) is 5.91 Å². The van der Waals surface area contributed by atoms with Gasteiger partial charge in [0, 0.05) is 44.2 Å². The van der Waals surface area contributed by atoms with Crippen molar-refractivity contribution in [3.05, 3.63) is 17.5 Å². The predicted octanol–water partition coefficient (Wildman–Crippen LogP) is 2.44. The topological polar surface area (TPSA) is 75.8 Å². The second-order valence-electron chi connectivity index (χ2n) is 7.55. The summed E-state index contributed by atoms with van der Waals surface area (Å²) in [5.41, 5.74) is -0.338. The lowest BCUT2D eigenvalue weighted by Crippen LogP contribution is -2.56. The van der Waals surface area contributed by atoms with Crippen LogP contribution in [-0.4, -0.2) is 53.0 Å². The van der Waals surface area contributed by atoms with Crippen molar-refractivity contribution in [1.29, 1.82) is 0 Å². The molecular weight excluding hydrogens is 308 g/mol. The summed E-state index contributed by atoms with van der Waals surface area (Å²) in [4.78, 5) is 14.5. The van der Waals surface area contributed by atoms with Crippen LogP contribution in [0, 0.1) is 11.8 Å². The van der Waals surface area contributed by atoms with E-state index in [0.29, 0.717) is 25.2 Å². The lowest BCUT2D eigenvalue weighted by molar-refractivity contribution is -0.125. The normalized spacial score (nSPS) is 29.2. The van der Waals surface area contributed by atoms with E-state index in [1.165, 1.54) is 0 Å². The van der Waals surface area contributed by atoms with Crippen molar-refractivity contribution in [1.82, 2.24) is 10.1 Å². The van der Waals surface area contributed by atoms with Gasteiger partial charge >= 0.3 is 0 Å². The third kappa shape index (κ3) is 3.22. The number of amides is 1. The van der Waals surface area contributed by atoms with Crippen LogP contribution in [0.3, 0.4) is 0 Å². The molecule has 2 saturated heterocycles. The first kappa shape index (κ1) is 17.4. The summed E-state index contributed by atoms with van der Waals surface area (Å²) in [5, 5.41) is 15.1. The van der Waals surface area contributed by atoms with Crippen molar-refractivity contribution < 1.29 is 19.2 Å². The van der Waals surface area contributed by atoms with E-state index in [1.807, 2.05) is 20.8 Å². The Morgan fingerprint density at radius 2 is 2.12 bits per heavy atom. The van der Waals surface area contributed by atoms with Gasteiger partial charge in [-0.3, -0.25) is 4.79 Å². The largest absolute Gasteiger partial charge is 0.389 e. The molecule has 3 rings (SSSR count). The first-order chi connectivity index (χ1) is 11.4. The van der Waals surface area contributed by atoms with Gasteiger partial charge in [0.1, 0.15) is 5.76 Å². The Hall–Kier alpha value is -1.40. The summed E-state index contributed by atoms with van der Waals surface area (Å²) < 4.78 is 10.7. The van der Waals surface area contributed by atoms with E-state index in [4.69, 9.17) is 9.26 Å². The van der Waals surface area contributed by atoms with Gasteiger partial charge in [-0.1, -0.05) is 25.9 Å². The maximum atomic E-state index is 12.7. The molecule has 6 nitrogen and oxygen atoms in total. The molecule has 134 valence electrons. The molecule has 2 fully saturated rings. The van der Waals surface area contributed by atoms with Crippen LogP contribution in [-0.2, 0) is 4.74 Å². The van der Waals surface area contributed by atoms with Crippen LogP contribution in [0.4, 0.5) is 0 Å². The van der Waals surface area contributed by atoms with Gasteiger partial charge in [0.05, 0.1) is 5.60 Å². The molecule has 6 heteroatoms.